The molecule has 2 amide bonds. The van der Waals surface area contributed by atoms with E-state index in [0.29, 0.717) is 17.5 Å². The maximum Gasteiger partial charge on any atom is 0.243 e. The van der Waals surface area contributed by atoms with Crippen LogP contribution in [-0.4, -0.2) is 50.9 Å². The van der Waals surface area contributed by atoms with E-state index in [2.05, 4.69) is 19.2 Å². The number of rotatable bonds is 7. The highest BCUT2D eigenvalue weighted by Crippen LogP contribution is 2.32. The van der Waals surface area contributed by atoms with E-state index in [1.165, 1.54) is 11.8 Å². The maximum atomic E-state index is 13.3. The number of thioether (sulfide) groups is 1. The average molecular weight is 495 g/mol. The Morgan fingerprint density at radius 2 is 1.86 bits per heavy atom. The number of ether oxygens (including phenoxy) is 2. The number of imidazole rings is 1. The molecule has 3 aromatic rings. The van der Waals surface area contributed by atoms with Crippen LogP contribution in [0.2, 0.25) is 0 Å². The molecule has 1 N–H and O–H groups in total. The third-order valence-electron chi connectivity index (χ3n) is 6.65. The molecule has 1 aromatic heterocycles. The number of fused-ring (bicyclic) bond motifs is 2. The molecule has 0 aliphatic carbocycles. The summed E-state index contributed by atoms with van der Waals surface area (Å²) in [5.41, 5.74) is 2.67. The van der Waals surface area contributed by atoms with Gasteiger partial charge in [-0.1, -0.05) is 30.0 Å². The zero-order valence-corrected chi connectivity index (χ0v) is 20.8. The number of amides is 2. The highest BCUT2D eigenvalue weighted by molar-refractivity contribution is 7.99. The van der Waals surface area contributed by atoms with E-state index in [0.717, 1.165) is 41.6 Å². The second kappa shape index (κ2) is 10.2. The van der Waals surface area contributed by atoms with Gasteiger partial charge in [0.2, 0.25) is 18.6 Å². The second-order valence-electron chi connectivity index (χ2n) is 9.15. The number of nitrogens with zero attached hydrogens (tertiary/aromatic N) is 3. The summed E-state index contributed by atoms with van der Waals surface area (Å²) in [6, 6.07) is 13.9. The normalized spacial score (nSPS) is 19.2. The van der Waals surface area contributed by atoms with Crippen LogP contribution in [0.15, 0.2) is 47.6 Å². The number of hydrogen-bond donors (Lipinski definition) is 1. The fraction of sp³-hybridized carbons (Fsp3) is 0.423. The van der Waals surface area contributed by atoms with Crippen LogP contribution in [0.5, 0.6) is 11.5 Å². The van der Waals surface area contributed by atoms with Gasteiger partial charge in [-0.3, -0.25) is 9.59 Å². The van der Waals surface area contributed by atoms with Crippen LogP contribution < -0.4 is 14.8 Å². The molecule has 35 heavy (non-hydrogen) atoms. The topological polar surface area (TPSA) is 85.7 Å². The summed E-state index contributed by atoms with van der Waals surface area (Å²) < 4.78 is 12.7. The fourth-order valence-electron chi connectivity index (χ4n) is 4.88. The molecule has 5 rings (SSSR count). The van der Waals surface area contributed by atoms with Gasteiger partial charge in [0.1, 0.15) is 6.54 Å². The van der Waals surface area contributed by atoms with Crippen LogP contribution in [0.1, 0.15) is 38.7 Å². The van der Waals surface area contributed by atoms with Crippen molar-refractivity contribution in [3.63, 3.8) is 0 Å². The summed E-state index contributed by atoms with van der Waals surface area (Å²) in [6.45, 7) is 5.09. The Hall–Kier alpha value is -3.20. The Morgan fingerprint density at radius 3 is 2.69 bits per heavy atom. The number of aromatic nitrogens is 2. The lowest BCUT2D eigenvalue weighted by molar-refractivity contribution is -0.138. The molecular formula is C26H30N4O4S. The van der Waals surface area contributed by atoms with E-state index in [4.69, 9.17) is 14.5 Å². The number of benzene rings is 2. The minimum atomic E-state index is -0.101. The standard InChI is InChI=1S/C26H30N4O4S/c1-17-6-5-7-18(2)30(17)25(32)14-29-21-9-4-3-8-20(21)28-26(29)35-15-24(31)27-13-19-10-11-22-23(12-19)34-16-33-22/h3-4,8-12,17-18H,5-7,13-16H2,1-2H3,(H,27,31)/t17-,18+. The third kappa shape index (κ3) is 5.10. The number of hydrogen-bond acceptors (Lipinski definition) is 6. The summed E-state index contributed by atoms with van der Waals surface area (Å²) in [5.74, 6) is 1.62. The van der Waals surface area contributed by atoms with Crippen LogP contribution in [0.4, 0.5) is 0 Å². The number of carbonyl (C=O) groups is 2. The Balaban J connectivity index is 1.25. The molecule has 0 radical (unpaired) electrons. The predicted molar refractivity (Wildman–Crippen MR) is 134 cm³/mol. The average Bonchev–Trinajstić information content (AvgIpc) is 3.45. The molecule has 2 aromatic carbocycles. The molecule has 8 nitrogen and oxygen atoms in total. The largest absolute Gasteiger partial charge is 0.454 e. The van der Waals surface area contributed by atoms with Crippen LogP contribution >= 0.6 is 11.8 Å². The number of likely N-dealkylation sites (tertiary alicyclic amines) is 1. The summed E-state index contributed by atoms with van der Waals surface area (Å²) in [7, 11) is 0. The number of nitrogens with one attached hydrogen (secondary N) is 1. The quantitative estimate of drug-likeness (QED) is 0.501. The van der Waals surface area contributed by atoms with Crippen LogP contribution in [-0.2, 0) is 22.7 Å². The Labute approximate surface area is 209 Å². The lowest BCUT2D eigenvalue weighted by atomic mass is 9.97. The molecule has 2 atom stereocenters. The highest BCUT2D eigenvalue weighted by atomic mass is 32.2. The van der Waals surface area contributed by atoms with Gasteiger partial charge >= 0.3 is 0 Å². The molecule has 1 fully saturated rings. The summed E-state index contributed by atoms with van der Waals surface area (Å²) in [6.07, 6.45) is 3.22. The smallest absolute Gasteiger partial charge is 0.243 e. The van der Waals surface area contributed by atoms with Gasteiger partial charge in [0, 0.05) is 18.6 Å². The fourth-order valence-corrected chi connectivity index (χ4v) is 5.72. The number of carbonyl (C=O) groups excluding carboxylic acids is 2. The van der Waals surface area contributed by atoms with E-state index >= 15 is 0 Å². The molecule has 3 heterocycles. The minimum absolute atomic E-state index is 0.0990. The van der Waals surface area contributed by atoms with Crippen LogP contribution in [0.25, 0.3) is 11.0 Å². The van der Waals surface area contributed by atoms with Crippen molar-refractivity contribution >= 4 is 34.6 Å². The first-order valence-corrected chi connectivity index (χ1v) is 13.0. The van der Waals surface area contributed by atoms with Crippen molar-refractivity contribution in [1.29, 1.82) is 0 Å². The van der Waals surface area contributed by atoms with Crippen molar-refractivity contribution in [2.75, 3.05) is 12.5 Å². The summed E-state index contributed by atoms with van der Waals surface area (Å²) in [5, 5.41) is 3.63. The predicted octanol–water partition coefficient (Wildman–Crippen LogP) is 3.96. The molecule has 9 heteroatoms. The third-order valence-corrected chi connectivity index (χ3v) is 7.63. The van der Waals surface area contributed by atoms with Crippen molar-refractivity contribution in [2.45, 2.75) is 63.4 Å². The summed E-state index contributed by atoms with van der Waals surface area (Å²) in [4.78, 5) is 32.7. The van der Waals surface area contributed by atoms with Crippen molar-refractivity contribution in [2.24, 2.45) is 0 Å². The maximum absolute atomic E-state index is 13.3. The van der Waals surface area contributed by atoms with Crippen molar-refractivity contribution in [1.82, 2.24) is 19.8 Å². The first-order chi connectivity index (χ1) is 17.0. The molecular weight excluding hydrogens is 464 g/mol. The minimum Gasteiger partial charge on any atom is -0.454 e. The molecule has 2 aliphatic rings. The second-order valence-corrected chi connectivity index (χ2v) is 10.1. The zero-order valence-electron chi connectivity index (χ0n) is 20.0. The van der Waals surface area contributed by atoms with E-state index in [9.17, 15) is 9.59 Å². The van der Waals surface area contributed by atoms with Gasteiger partial charge in [-0.05, 0) is 62.9 Å². The molecule has 0 bridgehead atoms. The molecule has 2 aliphatic heterocycles. The van der Waals surface area contributed by atoms with Gasteiger partial charge in [0.25, 0.3) is 0 Å². The van der Waals surface area contributed by atoms with Gasteiger partial charge in [0.15, 0.2) is 16.7 Å². The molecule has 184 valence electrons. The van der Waals surface area contributed by atoms with Gasteiger partial charge in [0.05, 0.1) is 16.8 Å². The molecule has 0 saturated carbocycles. The van der Waals surface area contributed by atoms with Crippen LogP contribution in [0, 0.1) is 0 Å². The Kier molecular flexibility index (Phi) is 6.86. The Bertz CT molecular complexity index is 1230. The monoisotopic (exact) mass is 494 g/mol. The molecule has 0 spiro atoms. The molecule has 1 saturated heterocycles. The van der Waals surface area contributed by atoms with Gasteiger partial charge in [-0.2, -0.15) is 0 Å². The Morgan fingerprint density at radius 1 is 1.09 bits per heavy atom. The van der Waals surface area contributed by atoms with Gasteiger partial charge in [-0.25, -0.2) is 4.98 Å². The molecule has 0 unspecified atom stereocenters. The van der Waals surface area contributed by atoms with Crippen molar-refractivity contribution < 1.29 is 19.1 Å². The number of piperidine rings is 1. The lowest BCUT2D eigenvalue weighted by Gasteiger charge is -2.39. The van der Waals surface area contributed by atoms with Gasteiger partial charge < -0.3 is 24.3 Å². The van der Waals surface area contributed by atoms with Crippen molar-refractivity contribution in [3.8, 4) is 11.5 Å². The van der Waals surface area contributed by atoms with Crippen molar-refractivity contribution in [3.05, 3.63) is 48.0 Å². The van der Waals surface area contributed by atoms with E-state index < -0.39 is 0 Å². The zero-order chi connectivity index (χ0) is 24.4. The van der Waals surface area contributed by atoms with E-state index in [-0.39, 0.29) is 43.0 Å². The SMILES string of the molecule is C[C@@H]1CCC[C@H](C)N1C(=O)Cn1c(SCC(=O)NCc2ccc3c(c2)OCO3)nc2ccccc21. The lowest BCUT2D eigenvalue weighted by Crippen LogP contribution is -2.48. The van der Waals surface area contributed by atoms with E-state index in [1.54, 1.807) is 0 Å². The first-order valence-electron chi connectivity index (χ1n) is 12.0. The van der Waals surface area contributed by atoms with E-state index in [1.807, 2.05) is 51.9 Å². The highest BCUT2D eigenvalue weighted by Gasteiger charge is 2.29. The number of para-hydroxylation sites is 2. The van der Waals surface area contributed by atoms with Gasteiger partial charge in [-0.15, -0.1) is 0 Å². The summed E-state index contributed by atoms with van der Waals surface area (Å²) >= 11 is 1.35. The van der Waals surface area contributed by atoms with Crippen LogP contribution in [0.3, 0.4) is 0 Å². The first kappa shape index (κ1) is 23.5.